The highest BCUT2D eigenvalue weighted by Gasteiger charge is 2.22. The molecule has 2 rings (SSSR count). The van der Waals surface area contributed by atoms with Gasteiger partial charge in [-0.3, -0.25) is 4.98 Å². The van der Waals surface area contributed by atoms with Gasteiger partial charge in [-0.05, 0) is 37.3 Å². The number of hydrogen-bond acceptors (Lipinski definition) is 4. The van der Waals surface area contributed by atoms with Crippen molar-refractivity contribution in [2.75, 3.05) is 24.6 Å². The molecule has 2 N–H and O–H groups in total. The molecule has 2 heterocycles. The third-order valence-electron chi connectivity index (χ3n) is 3.69. The second kappa shape index (κ2) is 6.16. The zero-order valence-corrected chi connectivity index (χ0v) is 10.9. The van der Waals surface area contributed by atoms with Gasteiger partial charge in [0.1, 0.15) is 0 Å². The molecule has 0 aliphatic carbocycles. The molecule has 0 spiro atoms. The first-order valence-corrected chi connectivity index (χ1v) is 6.74. The van der Waals surface area contributed by atoms with Crippen LogP contribution in [0.4, 0.5) is 5.69 Å². The van der Waals surface area contributed by atoms with Crippen LogP contribution in [-0.2, 0) is 0 Å². The molecule has 18 heavy (non-hydrogen) atoms. The minimum atomic E-state index is -0.459. The highest BCUT2D eigenvalue weighted by molar-refractivity contribution is 5.45. The van der Waals surface area contributed by atoms with Crippen molar-refractivity contribution < 1.29 is 10.2 Å². The van der Waals surface area contributed by atoms with Crippen molar-refractivity contribution in [2.45, 2.75) is 32.3 Å². The van der Waals surface area contributed by atoms with E-state index in [1.807, 2.05) is 25.3 Å². The van der Waals surface area contributed by atoms with Crippen LogP contribution in [0.3, 0.4) is 0 Å². The molecule has 0 radical (unpaired) electrons. The van der Waals surface area contributed by atoms with Crippen LogP contribution in [0.5, 0.6) is 0 Å². The Bertz CT molecular complexity index is 367. The summed E-state index contributed by atoms with van der Waals surface area (Å²) in [5, 5.41) is 18.6. The number of aliphatic hydroxyl groups excluding tert-OH is 2. The molecule has 4 heteroatoms. The monoisotopic (exact) mass is 250 g/mol. The third-order valence-corrected chi connectivity index (χ3v) is 3.69. The molecule has 1 aromatic heterocycles. The molecule has 1 saturated heterocycles. The summed E-state index contributed by atoms with van der Waals surface area (Å²) in [6.07, 6.45) is 4.10. The predicted molar refractivity (Wildman–Crippen MR) is 71.5 cm³/mol. The molecule has 4 nitrogen and oxygen atoms in total. The highest BCUT2D eigenvalue weighted by Crippen LogP contribution is 2.26. The van der Waals surface area contributed by atoms with Crippen molar-refractivity contribution in [3.63, 3.8) is 0 Å². The second-order valence-corrected chi connectivity index (χ2v) is 4.98. The van der Waals surface area contributed by atoms with Crippen LogP contribution in [0, 0.1) is 5.92 Å². The number of rotatable bonds is 5. The van der Waals surface area contributed by atoms with E-state index in [2.05, 4.69) is 9.88 Å². The van der Waals surface area contributed by atoms with E-state index in [4.69, 9.17) is 5.11 Å². The molecule has 1 fully saturated rings. The standard InChI is InChI=1S/C14H22N2O2/c1-2-14(18)13-4-3-12(9-15-13)16-7-5-11(10-16)6-8-17/h3-4,9,11,14,17-18H,2,5-8,10H2,1H3/t11?,14-/m1/s1. The first-order chi connectivity index (χ1) is 8.74. The molecular weight excluding hydrogens is 228 g/mol. The third kappa shape index (κ3) is 3.00. The van der Waals surface area contributed by atoms with Gasteiger partial charge in [-0.15, -0.1) is 0 Å². The largest absolute Gasteiger partial charge is 0.396 e. The van der Waals surface area contributed by atoms with Crippen LogP contribution in [0.1, 0.15) is 38.0 Å². The van der Waals surface area contributed by atoms with Gasteiger partial charge in [0.2, 0.25) is 0 Å². The van der Waals surface area contributed by atoms with E-state index in [1.54, 1.807) is 0 Å². The zero-order valence-electron chi connectivity index (χ0n) is 10.9. The molecule has 1 unspecified atom stereocenters. The summed E-state index contributed by atoms with van der Waals surface area (Å²) in [7, 11) is 0. The van der Waals surface area contributed by atoms with Gasteiger partial charge in [0, 0.05) is 19.7 Å². The SMILES string of the molecule is CC[C@@H](O)c1ccc(N2CCC(CCO)C2)cn1. The topological polar surface area (TPSA) is 56.6 Å². The molecule has 2 atom stereocenters. The van der Waals surface area contributed by atoms with E-state index in [0.29, 0.717) is 12.3 Å². The first-order valence-electron chi connectivity index (χ1n) is 6.74. The Hall–Kier alpha value is -1.13. The molecule has 1 aliphatic rings. The maximum atomic E-state index is 9.69. The van der Waals surface area contributed by atoms with Crippen molar-refractivity contribution >= 4 is 5.69 Å². The molecule has 0 aromatic carbocycles. The van der Waals surface area contributed by atoms with Gasteiger partial charge >= 0.3 is 0 Å². The lowest BCUT2D eigenvalue weighted by atomic mass is 10.1. The minimum absolute atomic E-state index is 0.276. The number of aliphatic hydroxyl groups is 2. The lowest BCUT2D eigenvalue weighted by Crippen LogP contribution is -2.20. The fourth-order valence-corrected chi connectivity index (χ4v) is 2.48. The summed E-state index contributed by atoms with van der Waals surface area (Å²) in [5.74, 6) is 0.593. The number of anilines is 1. The van der Waals surface area contributed by atoms with Gasteiger partial charge in [-0.25, -0.2) is 0 Å². The lowest BCUT2D eigenvalue weighted by Gasteiger charge is -2.19. The Kier molecular flexibility index (Phi) is 4.55. The number of nitrogens with zero attached hydrogens (tertiary/aromatic N) is 2. The molecule has 0 bridgehead atoms. The van der Waals surface area contributed by atoms with Gasteiger partial charge in [0.05, 0.1) is 23.7 Å². The van der Waals surface area contributed by atoms with Crippen LogP contribution >= 0.6 is 0 Å². The van der Waals surface area contributed by atoms with Gasteiger partial charge in [-0.2, -0.15) is 0 Å². The summed E-state index contributed by atoms with van der Waals surface area (Å²) < 4.78 is 0. The lowest BCUT2D eigenvalue weighted by molar-refractivity contribution is 0.169. The quantitative estimate of drug-likeness (QED) is 0.835. The minimum Gasteiger partial charge on any atom is -0.396 e. The predicted octanol–water partition coefficient (Wildman–Crippen LogP) is 1.73. The maximum Gasteiger partial charge on any atom is 0.0957 e. The van der Waals surface area contributed by atoms with E-state index >= 15 is 0 Å². The van der Waals surface area contributed by atoms with Crippen molar-refractivity contribution in [1.82, 2.24) is 4.98 Å². The van der Waals surface area contributed by atoms with Crippen molar-refractivity contribution in [2.24, 2.45) is 5.92 Å². The van der Waals surface area contributed by atoms with Gasteiger partial charge in [0.25, 0.3) is 0 Å². The summed E-state index contributed by atoms with van der Waals surface area (Å²) in [4.78, 5) is 6.63. The van der Waals surface area contributed by atoms with Crippen LogP contribution in [-0.4, -0.2) is 34.9 Å². The summed E-state index contributed by atoms with van der Waals surface area (Å²) in [5.41, 5.74) is 1.86. The van der Waals surface area contributed by atoms with E-state index in [9.17, 15) is 5.11 Å². The zero-order chi connectivity index (χ0) is 13.0. The Morgan fingerprint density at radius 2 is 2.33 bits per heavy atom. The van der Waals surface area contributed by atoms with E-state index in [-0.39, 0.29) is 6.61 Å². The van der Waals surface area contributed by atoms with Gasteiger partial charge < -0.3 is 15.1 Å². The van der Waals surface area contributed by atoms with E-state index in [0.717, 1.165) is 37.3 Å². The van der Waals surface area contributed by atoms with Crippen LogP contribution in [0.25, 0.3) is 0 Å². The molecule has 100 valence electrons. The second-order valence-electron chi connectivity index (χ2n) is 4.98. The van der Waals surface area contributed by atoms with Crippen LogP contribution in [0.15, 0.2) is 18.3 Å². The fourth-order valence-electron chi connectivity index (χ4n) is 2.48. The van der Waals surface area contributed by atoms with Crippen LogP contribution in [0.2, 0.25) is 0 Å². The number of hydrogen-bond donors (Lipinski definition) is 2. The van der Waals surface area contributed by atoms with Crippen LogP contribution < -0.4 is 4.90 Å². The normalized spacial score (nSPS) is 21.3. The van der Waals surface area contributed by atoms with Crippen molar-refractivity contribution in [3.8, 4) is 0 Å². The highest BCUT2D eigenvalue weighted by atomic mass is 16.3. The Balaban J connectivity index is 1.98. The Morgan fingerprint density at radius 1 is 1.50 bits per heavy atom. The number of pyridine rings is 1. The van der Waals surface area contributed by atoms with Gasteiger partial charge in [0.15, 0.2) is 0 Å². The summed E-state index contributed by atoms with van der Waals surface area (Å²) >= 11 is 0. The molecule has 0 amide bonds. The Labute approximate surface area is 108 Å². The Morgan fingerprint density at radius 3 is 2.94 bits per heavy atom. The molecule has 0 saturated carbocycles. The van der Waals surface area contributed by atoms with Crippen molar-refractivity contribution in [3.05, 3.63) is 24.0 Å². The van der Waals surface area contributed by atoms with Crippen molar-refractivity contribution in [1.29, 1.82) is 0 Å². The maximum absolute atomic E-state index is 9.69. The average Bonchev–Trinajstić information content (AvgIpc) is 2.87. The molecular formula is C14H22N2O2. The first kappa shape index (κ1) is 13.3. The number of aromatic nitrogens is 1. The van der Waals surface area contributed by atoms with E-state index in [1.165, 1.54) is 0 Å². The smallest absolute Gasteiger partial charge is 0.0957 e. The van der Waals surface area contributed by atoms with E-state index < -0.39 is 6.10 Å². The summed E-state index contributed by atoms with van der Waals surface area (Å²) in [6, 6.07) is 3.94. The summed E-state index contributed by atoms with van der Waals surface area (Å²) in [6.45, 7) is 4.25. The molecule has 1 aliphatic heterocycles. The average molecular weight is 250 g/mol. The molecule has 1 aromatic rings. The fraction of sp³-hybridized carbons (Fsp3) is 0.643. The van der Waals surface area contributed by atoms with Gasteiger partial charge in [-0.1, -0.05) is 6.92 Å².